The van der Waals surface area contributed by atoms with Crippen LogP contribution >= 0.6 is 0 Å². The van der Waals surface area contributed by atoms with E-state index in [2.05, 4.69) is 0 Å². The summed E-state index contributed by atoms with van der Waals surface area (Å²) in [6.45, 7) is 4.19. The van der Waals surface area contributed by atoms with Crippen molar-refractivity contribution in [2.75, 3.05) is 0 Å². The first kappa shape index (κ1) is 64.0. The molecule has 0 aliphatic rings. The van der Waals surface area contributed by atoms with Crippen LogP contribution < -0.4 is 0 Å². The number of aliphatic carboxylic acids is 13. The maximum absolute atomic E-state index is 11.0. The molecule has 29 nitrogen and oxygen atoms in total. The Bertz CT molecular complexity index is 1710. The van der Waals surface area contributed by atoms with Gasteiger partial charge in [0, 0.05) is 24.5 Å². The molecular weight excluding hydrogens is 872 g/mol. The van der Waals surface area contributed by atoms with Crippen LogP contribution in [0.1, 0.15) is 72.1 Å². The quantitative estimate of drug-likeness (QED) is 0.0505. The lowest BCUT2D eigenvalue weighted by molar-refractivity contribution is -0.170. The van der Waals surface area contributed by atoms with Gasteiger partial charge >= 0.3 is 77.6 Å². The van der Waals surface area contributed by atoms with Crippen molar-refractivity contribution in [3.63, 3.8) is 0 Å². The highest BCUT2D eigenvalue weighted by molar-refractivity contribution is 5.99. The molecule has 0 spiro atoms. The number of carbonyl (C=O) groups is 15. The van der Waals surface area contributed by atoms with Crippen LogP contribution in [0.5, 0.6) is 0 Å². The summed E-state index contributed by atoms with van der Waals surface area (Å²) in [5.41, 5.74) is -4.05. The second-order valence-corrected chi connectivity index (χ2v) is 12.0. The molecule has 0 saturated carbocycles. The van der Waals surface area contributed by atoms with Crippen LogP contribution in [-0.2, 0) is 71.9 Å². The van der Waals surface area contributed by atoms with Crippen molar-refractivity contribution in [3.8, 4) is 0 Å². The number of Topliss-reactive ketones (excluding diaryl/α,β-unsaturated/α-hetero) is 2. The Balaban J connectivity index is -0.000000223. The molecule has 29 heteroatoms. The van der Waals surface area contributed by atoms with Gasteiger partial charge in [-0.2, -0.15) is 0 Å². The highest BCUT2D eigenvalue weighted by atomic mass is 16.4. The maximum atomic E-state index is 11.0. The molecule has 0 bridgehead atoms. The third kappa shape index (κ3) is 37.9. The number of carbonyl (C=O) groups excluding carboxylic acids is 2. The van der Waals surface area contributed by atoms with E-state index in [9.17, 15) is 71.9 Å². The molecule has 0 aromatic rings. The molecule has 0 aliphatic carbocycles. The largest absolute Gasteiger partial charge is 0.481 e. The highest BCUT2D eigenvalue weighted by Gasteiger charge is 2.41. The number of hydrogen-bond donors (Lipinski definition) is 14. The van der Waals surface area contributed by atoms with Crippen LogP contribution in [0.3, 0.4) is 0 Å². The molecule has 0 radical (unpaired) electrons. The zero-order valence-electron chi connectivity index (χ0n) is 32.9. The first-order chi connectivity index (χ1) is 28.5. The molecule has 14 N–H and O–H groups in total. The molecule has 0 saturated heterocycles. The highest BCUT2D eigenvalue weighted by Crippen LogP contribution is 2.21. The Morgan fingerprint density at radius 2 is 0.810 bits per heavy atom. The van der Waals surface area contributed by atoms with Gasteiger partial charge in [0.2, 0.25) is 0 Å². The third-order valence-electron chi connectivity index (χ3n) is 6.58. The number of ketones is 2. The summed E-state index contributed by atoms with van der Waals surface area (Å²) >= 11 is 0. The van der Waals surface area contributed by atoms with Crippen molar-refractivity contribution in [1.82, 2.24) is 0 Å². The van der Waals surface area contributed by atoms with Gasteiger partial charge in [-0.25, -0.2) is 24.0 Å². The number of hydrogen-bond acceptors (Lipinski definition) is 16. The van der Waals surface area contributed by atoms with Crippen molar-refractivity contribution in [3.05, 3.63) is 23.3 Å². The summed E-state index contributed by atoms with van der Waals surface area (Å²) < 4.78 is 0. The first-order valence-corrected chi connectivity index (χ1v) is 16.5. The number of carboxylic acid groups (broad SMARTS) is 13. The zero-order chi connectivity index (χ0) is 51.1. The van der Waals surface area contributed by atoms with Crippen molar-refractivity contribution >= 4 is 89.2 Å². The topological polar surface area (TPSA) is 539 Å². The van der Waals surface area contributed by atoms with Crippen LogP contribution in [0.4, 0.5) is 0 Å². The van der Waals surface area contributed by atoms with Crippen molar-refractivity contribution in [2.24, 2.45) is 17.8 Å². The molecule has 0 amide bonds. The van der Waals surface area contributed by atoms with E-state index in [1.165, 1.54) is 13.8 Å². The van der Waals surface area contributed by atoms with Crippen LogP contribution in [0.2, 0.25) is 0 Å². The van der Waals surface area contributed by atoms with Crippen LogP contribution in [0.15, 0.2) is 23.3 Å². The third-order valence-corrected chi connectivity index (χ3v) is 6.58. The summed E-state index contributed by atoms with van der Waals surface area (Å²) in [4.78, 5) is 154. The molecule has 0 aromatic carbocycles. The molecular formula is C34H44O29. The molecule has 0 fully saturated rings. The van der Waals surface area contributed by atoms with Crippen LogP contribution in [0.25, 0.3) is 0 Å². The van der Waals surface area contributed by atoms with Crippen molar-refractivity contribution in [2.45, 2.75) is 77.7 Å². The lowest BCUT2D eigenvalue weighted by Crippen LogP contribution is -2.42. The predicted octanol–water partition coefficient (Wildman–Crippen LogP) is -1.22. The molecule has 0 rings (SSSR count). The van der Waals surface area contributed by atoms with Gasteiger partial charge in [-0.05, 0) is 20.3 Å². The maximum Gasteiger partial charge on any atom is 0.336 e. The van der Waals surface area contributed by atoms with Gasteiger partial charge < -0.3 is 76.3 Å². The normalized spacial score (nSPS) is 11.9. The molecule has 3 unspecified atom stereocenters. The Hall–Kier alpha value is -8.11. The number of rotatable bonds is 24. The van der Waals surface area contributed by atoms with E-state index in [0.717, 1.165) is 0 Å². The average molecular weight is 917 g/mol. The molecule has 0 aliphatic heterocycles. The summed E-state index contributed by atoms with van der Waals surface area (Å²) in [6.07, 6.45) is -4.07. The van der Waals surface area contributed by atoms with E-state index in [1.54, 1.807) is 6.92 Å². The van der Waals surface area contributed by atoms with Gasteiger partial charge in [-0.3, -0.25) is 43.2 Å². The van der Waals surface area contributed by atoms with E-state index >= 15 is 0 Å². The van der Waals surface area contributed by atoms with Crippen LogP contribution in [0, 0.1) is 17.8 Å². The monoisotopic (exact) mass is 916 g/mol. The molecule has 0 heterocycles. The minimum Gasteiger partial charge on any atom is -0.481 e. The Morgan fingerprint density at radius 1 is 0.460 bits per heavy atom. The summed E-state index contributed by atoms with van der Waals surface area (Å²) in [6, 6.07) is 0. The second kappa shape index (κ2) is 32.7. The van der Waals surface area contributed by atoms with Crippen molar-refractivity contribution in [1.29, 1.82) is 0 Å². The molecule has 0 aromatic heterocycles. The lowest BCUT2D eigenvalue weighted by Gasteiger charge is -2.18. The number of aliphatic hydroxyl groups is 1. The zero-order valence-corrected chi connectivity index (χ0v) is 32.9. The van der Waals surface area contributed by atoms with Crippen LogP contribution in [-0.4, -0.2) is 166 Å². The van der Waals surface area contributed by atoms with E-state index in [4.69, 9.17) is 71.5 Å². The van der Waals surface area contributed by atoms with E-state index in [0.29, 0.717) is 18.6 Å². The predicted molar refractivity (Wildman–Crippen MR) is 195 cm³/mol. The van der Waals surface area contributed by atoms with E-state index in [-0.39, 0.29) is 18.0 Å². The van der Waals surface area contributed by atoms with Gasteiger partial charge in [0.15, 0.2) is 5.60 Å². The fraction of sp³-hybridized carbons (Fsp3) is 0.441. The lowest BCUT2D eigenvalue weighted by atomic mass is 9.85. The molecule has 354 valence electrons. The molecule has 63 heavy (non-hydrogen) atoms. The first-order valence-electron chi connectivity index (χ1n) is 16.5. The van der Waals surface area contributed by atoms with Crippen molar-refractivity contribution < 1.29 is 143 Å². The van der Waals surface area contributed by atoms with Gasteiger partial charge in [-0.1, -0.05) is 6.92 Å². The minimum atomic E-state index is -2.74. The smallest absolute Gasteiger partial charge is 0.336 e. The SMILES string of the molecule is CC(=O)CC(CC(=O)O)C(=O)O.CCC(C(C)=O)C(CC(=O)O)C(=O)O.O=C(O)/C=C(\CC(=O)O)C(=O)O.O=C(O)/C=C(\CC(=O)O)C(=O)O.O=C(O)CC(O)(CC(=O)O)C(=O)O. The van der Waals surface area contributed by atoms with E-state index in [1.807, 2.05) is 0 Å². The van der Waals surface area contributed by atoms with E-state index < -0.39 is 151 Å². The second-order valence-electron chi connectivity index (χ2n) is 12.0. The standard InChI is InChI=1S/C9H14O5.C7H10O5.C6H8O7.2C6H6O6/c1-3-6(5(2)10)7(9(13)14)4-8(11)12;1-4(8)2-5(7(11)12)3-6(9)10;7-3(8)1-6(13,5(11)12)2-4(9)10;2*7-4(8)1-3(6(11)12)2-5(9)10/h6-7H,3-4H2,1-2H3,(H,11,12)(H,13,14);5H,2-3H2,1H3,(H,9,10)(H,11,12);13H,1-2H2,(H,7,8)(H,9,10)(H,11,12);2*1H,2H2,(H,7,8)(H,9,10)(H,11,12)/b;;;2*3-1+. The molecule has 3 atom stereocenters. The van der Waals surface area contributed by atoms with Gasteiger partial charge in [0.1, 0.15) is 11.6 Å². The Morgan fingerprint density at radius 3 is 0.984 bits per heavy atom. The average Bonchev–Trinajstić information content (AvgIpc) is 3.06. The summed E-state index contributed by atoms with van der Waals surface area (Å²) in [7, 11) is 0. The van der Waals surface area contributed by atoms with Gasteiger partial charge in [-0.15, -0.1) is 0 Å². The summed E-state index contributed by atoms with van der Waals surface area (Å²) in [5.74, 6) is -22.2. The summed E-state index contributed by atoms with van der Waals surface area (Å²) in [5, 5.41) is 117. The van der Waals surface area contributed by atoms with Gasteiger partial charge in [0.05, 0.1) is 61.5 Å². The fourth-order valence-corrected chi connectivity index (χ4v) is 3.96. The Labute approximate surface area is 351 Å². The Kier molecular flexibility index (Phi) is 33.2. The van der Waals surface area contributed by atoms with Gasteiger partial charge in [0.25, 0.3) is 0 Å². The minimum absolute atomic E-state index is 0.221. The fourth-order valence-electron chi connectivity index (χ4n) is 3.96. The number of carboxylic acids is 13.